The quantitative estimate of drug-likeness (QED) is 0.253. The number of nitro benzene ring substituents is 1. The fraction of sp³-hybridized carbons (Fsp3) is 0.360. The van der Waals surface area contributed by atoms with Crippen LogP contribution in [0.4, 0.5) is 23.5 Å². The Morgan fingerprint density at radius 3 is 2.13 bits per heavy atom. The van der Waals surface area contributed by atoms with Crippen molar-refractivity contribution < 1.29 is 19.1 Å². The number of anilines is 3. The summed E-state index contributed by atoms with van der Waals surface area (Å²) < 4.78 is 16.9. The van der Waals surface area contributed by atoms with E-state index in [9.17, 15) is 10.1 Å². The summed E-state index contributed by atoms with van der Waals surface area (Å²) >= 11 is 0. The number of ether oxygens (including phenoxy) is 3. The maximum Gasteiger partial charge on any atom is 0.269 e. The predicted octanol–water partition coefficient (Wildman–Crippen LogP) is 2.48. The first-order valence-electron chi connectivity index (χ1n) is 12.3. The van der Waals surface area contributed by atoms with Crippen molar-refractivity contribution in [3.05, 3.63) is 69.8 Å². The minimum atomic E-state index is -0.427. The zero-order valence-electron chi connectivity index (χ0n) is 20.7. The first-order chi connectivity index (χ1) is 18.7. The molecule has 3 heterocycles. The van der Waals surface area contributed by atoms with Gasteiger partial charge in [-0.2, -0.15) is 20.1 Å². The number of rotatable bonds is 9. The maximum atomic E-state index is 10.9. The molecule has 0 amide bonds. The molecule has 1 aromatic heterocycles. The standard InChI is InChI=1S/C25H28N8O5/c34-33(35)21-7-5-19(6-8-21)18-38-22-4-2-1-3-20(22)17-26-30-23-27-24(31-9-13-36-14-10-31)29-25(28-23)32-11-15-37-16-12-32/h1-8,17H,9-16,18H2,(H,27,28,29,30)/b26-17+. The van der Waals surface area contributed by atoms with Crippen LogP contribution in [0.3, 0.4) is 0 Å². The molecule has 5 rings (SSSR count). The van der Waals surface area contributed by atoms with Crippen molar-refractivity contribution in [3.8, 4) is 5.75 Å². The smallest absolute Gasteiger partial charge is 0.269 e. The molecule has 0 bridgehead atoms. The van der Waals surface area contributed by atoms with Crippen LogP contribution in [0.15, 0.2) is 53.6 Å². The van der Waals surface area contributed by atoms with Crippen LogP contribution in [-0.2, 0) is 16.1 Å². The van der Waals surface area contributed by atoms with Crippen LogP contribution in [0.5, 0.6) is 5.75 Å². The average Bonchev–Trinajstić information content (AvgIpc) is 2.97. The summed E-state index contributed by atoms with van der Waals surface area (Å²) in [5, 5.41) is 15.2. The second-order valence-electron chi connectivity index (χ2n) is 8.58. The largest absolute Gasteiger partial charge is 0.488 e. The summed E-state index contributed by atoms with van der Waals surface area (Å²) in [6.07, 6.45) is 1.64. The molecule has 13 nitrogen and oxygen atoms in total. The van der Waals surface area contributed by atoms with Crippen LogP contribution in [0.1, 0.15) is 11.1 Å². The summed E-state index contributed by atoms with van der Waals surface area (Å²) in [5.74, 6) is 2.11. The number of aromatic nitrogens is 3. The lowest BCUT2D eigenvalue weighted by atomic mass is 10.2. The Hall–Kier alpha value is -4.36. The van der Waals surface area contributed by atoms with E-state index < -0.39 is 4.92 Å². The Morgan fingerprint density at radius 1 is 0.921 bits per heavy atom. The van der Waals surface area contributed by atoms with Crippen molar-refractivity contribution in [2.45, 2.75) is 6.61 Å². The fourth-order valence-electron chi connectivity index (χ4n) is 3.97. The van der Waals surface area contributed by atoms with Gasteiger partial charge in [0.25, 0.3) is 5.69 Å². The number of benzene rings is 2. The van der Waals surface area contributed by atoms with Crippen LogP contribution in [-0.4, -0.2) is 78.7 Å². The zero-order valence-corrected chi connectivity index (χ0v) is 20.7. The molecule has 38 heavy (non-hydrogen) atoms. The molecule has 2 aromatic carbocycles. The van der Waals surface area contributed by atoms with Gasteiger partial charge in [0.15, 0.2) is 0 Å². The molecule has 0 saturated carbocycles. The number of nitro groups is 1. The third-order valence-electron chi connectivity index (χ3n) is 6.03. The van der Waals surface area contributed by atoms with Crippen molar-refractivity contribution in [3.63, 3.8) is 0 Å². The van der Waals surface area contributed by atoms with E-state index in [4.69, 9.17) is 19.2 Å². The van der Waals surface area contributed by atoms with Gasteiger partial charge in [-0.15, -0.1) is 0 Å². The van der Waals surface area contributed by atoms with Gasteiger partial charge in [-0.3, -0.25) is 10.1 Å². The fourth-order valence-corrected chi connectivity index (χ4v) is 3.97. The molecule has 0 radical (unpaired) electrons. The highest BCUT2D eigenvalue weighted by atomic mass is 16.6. The van der Waals surface area contributed by atoms with E-state index in [-0.39, 0.29) is 12.3 Å². The Kier molecular flexibility index (Phi) is 8.16. The molecule has 3 aromatic rings. The Labute approximate surface area is 219 Å². The van der Waals surface area contributed by atoms with E-state index in [2.05, 4.69) is 30.3 Å². The molecule has 2 fully saturated rings. The summed E-state index contributed by atoms with van der Waals surface area (Å²) in [6.45, 7) is 5.56. The molecule has 198 valence electrons. The summed E-state index contributed by atoms with van der Waals surface area (Å²) in [7, 11) is 0. The van der Waals surface area contributed by atoms with Gasteiger partial charge < -0.3 is 24.0 Å². The third-order valence-corrected chi connectivity index (χ3v) is 6.03. The monoisotopic (exact) mass is 520 g/mol. The molecule has 13 heteroatoms. The topological polar surface area (TPSA) is 140 Å². The van der Waals surface area contributed by atoms with Gasteiger partial charge in [-0.05, 0) is 29.8 Å². The highest BCUT2D eigenvalue weighted by molar-refractivity contribution is 5.83. The van der Waals surface area contributed by atoms with E-state index >= 15 is 0 Å². The number of hydrogen-bond acceptors (Lipinski definition) is 12. The summed E-state index contributed by atoms with van der Waals surface area (Å²) in [5.41, 5.74) is 4.55. The molecule has 2 aliphatic rings. The molecular weight excluding hydrogens is 492 g/mol. The lowest BCUT2D eigenvalue weighted by Crippen LogP contribution is -2.40. The van der Waals surface area contributed by atoms with Gasteiger partial charge in [0.1, 0.15) is 12.4 Å². The van der Waals surface area contributed by atoms with Crippen molar-refractivity contribution in [2.24, 2.45) is 5.10 Å². The Balaban J connectivity index is 1.29. The molecule has 0 atom stereocenters. The van der Waals surface area contributed by atoms with E-state index in [1.165, 1.54) is 12.1 Å². The predicted molar refractivity (Wildman–Crippen MR) is 141 cm³/mol. The van der Waals surface area contributed by atoms with Gasteiger partial charge in [-0.25, -0.2) is 5.43 Å². The number of non-ortho nitro benzene ring substituents is 1. The molecular formula is C25H28N8O5. The Morgan fingerprint density at radius 2 is 1.53 bits per heavy atom. The zero-order chi connectivity index (χ0) is 26.2. The van der Waals surface area contributed by atoms with Crippen LogP contribution in [0, 0.1) is 10.1 Å². The first-order valence-corrected chi connectivity index (χ1v) is 12.3. The highest BCUT2D eigenvalue weighted by Crippen LogP contribution is 2.21. The molecule has 2 aliphatic heterocycles. The number of hydrogen-bond donors (Lipinski definition) is 1. The SMILES string of the molecule is O=[N+]([O-])c1ccc(COc2ccccc2/C=N/Nc2nc(N3CCOCC3)nc(N3CCOCC3)n2)cc1. The number of hydrazone groups is 1. The van der Waals surface area contributed by atoms with Crippen molar-refractivity contribution in [2.75, 3.05) is 67.8 Å². The summed E-state index contributed by atoms with van der Waals surface area (Å²) in [6, 6.07) is 13.7. The maximum absolute atomic E-state index is 10.9. The second kappa shape index (κ2) is 12.3. The molecule has 0 aliphatic carbocycles. The van der Waals surface area contributed by atoms with Crippen molar-refractivity contribution in [1.82, 2.24) is 15.0 Å². The Bertz CT molecular complexity index is 1220. The van der Waals surface area contributed by atoms with Crippen molar-refractivity contribution in [1.29, 1.82) is 0 Å². The van der Waals surface area contributed by atoms with Gasteiger partial charge in [0, 0.05) is 43.9 Å². The van der Waals surface area contributed by atoms with Gasteiger partial charge in [0.2, 0.25) is 17.8 Å². The lowest BCUT2D eigenvalue weighted by Gasteiger charge is -2.30. The van der Waals surface area contributed by atoms with Gasteiger partial charge >= 0.3 is 0 Å². The van der Waals surface area contributed by atoms with Gasteiger partial charge in [-0.1, -0.05) is 12.1 Å². The molecule has 0 spiro atoms. The van der Waals surface area contributed by atoms with Gasteiger partial charge in [0.05, 0.1) is 37.6 Å². The van der Waals surface area contributed by atoms with E-state index in [0.29, 0.717) is 76.2 Å². The number of morpholine rings is 2. The normalized spacial score (nSPS) is 16.0. The first kappa shape index (κ1) is 25.3. The summed E-state index contributed by atoms with van der Waals surface area (Å²) in [4.78, 5) is 28.5. The molecule has 0 unspecified atom stereocenters. The van der Waals surface area contributed by atoms with E-state index in [0.717, 1.165) is 11.1 Å². The third kappa shape index (κ3) is 6.49. The van der Waals surface area contributed by atoms with Crippen LogP contribution in [0.25, 0.3) is 0 Å². The average molecular weight is 521 g/mol. The molecule has 2 saturated heterocycles. The van der Waals surface area contributed by atoms with Crippen LogP contribution >= 0.6 is 0 Å². The van der Waals surface area contributed by atoms with E-state index in [1.807, 2.05) is 24.3 Å². The van der Waals surface area contributed by atoms with Crippen LogP contribution in [0.2, 0.25) is 0 Å². The highest BCUT2D eigenvalue weighted by Gasteiger charge is 2.20. The number of nitrogens with zero attached hydrogens (tertiary/aromatic N) is 7. The van der Waals surface area contributed by atoms with Crippen molar-refractivity contribution >= 4 is 29.7 Å². The van der Waals surface area contributed by atoms with Crippen LogP contribution < -0.4 is 20.0 Å². The number of nitrogens with one attached hydrogen (secondary N) is 1. The lowest BCUT2D eigenvalue weighted by molar-refractivity contribution is -0.384. The second-order valence-corrected chi connectivity index (χ2v) is 8.58. The number of para-hydroxylation sites is 1. The minimum Gasteiger partial charge on any atom is -0.488 e. The van der Waals surface area contributed by atoms with E-state index in [1.54, 1.807) is 18.3 Å². The molecule has 1 N–H and O–H groups in total. The minimum absolute atomic E-state index is 0.0410.